The Hall–Kier alpha value is -1.14. The molecule has 6 heteroatoms. The number of carbonyl (C=O) groups excluding carboxylic acids is 1. The fourth-order valence-corrected chi connectivity index (χ4v) is 2.31. The average Bonchev–Trinajstić information content (AvgIpc) is 2.82. The minimum absolute atomic E-state index is 0.0148. The molecule has 2 saturated heterocycles. The van der Waals surface area contributed by atoms with Crippen LogP contribution in [0.4, 0.5) is 0 Å². The minimum Gasteiger partial charge on any atom is -0.480 e. The molecule has 1 amide bonds. The standard InChI is InChI=1S/C11H18N2O4/c14-10(15)7-12-2-4-13(5-3-12)11(16)9-1-6-17-8-9/h9H,1-8H2,(H,14,15). The third kappa shape index (κ3) is 3.17. The Bertz CT molecular complexity index is 294. The summed E-state index contributed by atoms with van der Waals surface area (Å²) in [4.78, 5) is 26.3. The molecule has 0 saturated carbocycles. The van der Waals surface area contributed by atoms with Crippen LogP contribution in [-0.2, 0) is 14.3 Å². The van der Waals surface area contributed by atoms with Gasteiger partial charge in [0.15, 0.2) is 0 Å². The Balaban J connectivity index is 1.78. The van der Waals surface area contributed by atoms with Crippen molar-refractivity contribution in [1.82, 2.24) is 9.80 Å². The first-order valence-corrected chi connectivity index (χ1v) is 5.97. The van der Waals surface area contributed by atoms with Gasteiger partial charge >= 0.3 is 5.97 Å². The van der Waals surface area contributed by atoms with Gasteiger partial charge in [0.05, 0.1) is 19.1 Å². The molecule has 1 atom stereocenters. The summed E-state index contributed by atoms with van der Waals surface area (Å²) in [5.41, 5.74) is 0. The molecule has 17 heavy (non-hydrogen) atoms. The summed E-state index contributed by atoms with van der Waals surface area (Å²) in [6, 6.07) is 0. The molecule has 1 N–H and O–H groups in total. The predicted molar refractivity (Wildman–Crippen MR) is 59.6 cm³/mol. The molecule has 0 aromatic heterocycles. The van der Waals surface area contributed by atoms with E-state index in [1.165, 1.54) is 0 Å². The maximum Gasteiger partial charge on any atom is 0.317 e. The van der Waals surface area contributed by atoms with Crippen LogP contribution in [0.15, 0.2) is 0 Å². The van der Waals surface area contributed by atoms with Gasteiger partial charge < -0.3 is 14.7 Å². The summed E-state index contributed by atoms with van der Waals surface area (Å²) >= 11 is 0. The SMILES string of the molecule is O=C(O)CN1CCN(C(=O)C2CCOC2)CC1. The molecule has 2 aliphatic heterocycles. The van der Waals surface area contributed by atoms with Crippen LogP contribution in [0.25, 0.3) is 0 Å². The lowest BCUT2D eigenvalue weighted by Crippen LogP contribution is -2.51. The third-order valence-electron chi connectivity index (χ3n) is 3.32. The van der Waals surface area contributed by atoms with E-state index >= 15 is 0 Å². The van der Waals surface area contributed by atoms with Crippen LogP contribution >= 0.6 is 0 Å². The fraction of sp³-hybridized carbons (Fsp3) is 0.818. The summed E-state index contributed by atoms with van der Waals surface area (Å²) < 4.78 is 5.21. The molecule has 96 valence electrons. The molecule has 2 heterocycles. The Morgan fingerprint density at radius 3 is 2.47 bits per heavy atom. The van der Waals surface area contributed by atoms with Gasteiger partial charge in [-0.05, 0) is 6.42 Å². The van der Waals surface area contributed by atoms with Crippen molar-refractivity contribution in [2.45, 2.75) is 6.42 Å². The van der Waals surface area contributed by atoms with Crippen LogP contribution in [0.5, 0.6) is 0 Å². The molecule has 0 bridgehead atoms. The summed E-state index contributed by atoms with van der Waals surface area (Å²) in [6.07, 6.45) is 0.814. The van der Waals surface area contributed by atoms with E-state index in [0.717, 1.165) is 6.42 Å². The smallest absolute Gasteiger partial charge is 0.317 e. The van der Waals surface area contributed by atoms with Crippen molar-refractivity contribution >= 4 is 11.9 Å². The van der Waals surface area contributed by atoms with Crippen molar-refractivity contribution in [3.63, 3.8) is 0 Å². The highest BCUT2D eigenvalue weighted by atomic mass is 16.5. The number of carboxylic acids is 1. The van der Waals surface area contributed by atoms with Gasteiger partial charge in [-0.2, -0.15) is 0 Å². The molecule has 2 rings (SSSR count). The number of nitrogens with zero attached hydrogens (tertiary/aromatic N) is 2. The van der Waals surface area contributed by atoms with Crippen LogP contribution < -0.4 is 0 Å². The first-order chi connectivity index (χ1) is 8.16. The molecule has 2 aliphatic rings. The van der Waals surface area contributed by atoms with Crippen molar-refractivity contribution in [2.24, 2.45) is 5.92 Å². The lowest BCUT2D eigenvalue weighted by atomic mass is 10.1. The van der Waals surface area contributed by atoms with E-state index in [2.05, 4.69) is 0 Å². The number of rotatable bonds is 3. The highest BCUT2D eigenvalue weighted by Crippen LogP contribution is 2.16. The van der Waals surface area contributed by atoms with Crippen molar-refractivity contribution in [3.05, 3.63) is 0 Å². The van der Waals surface area contributed by atoms with Gasteiger partial charge in [0.1, 0.15) is 0 Å². The largest absolute Gasteiger partial charge is 0.480 e. The molecule has 0 radical (unpaired) electrons. The number of ether oxygens (including phenoxy) is 1. The molecule has 6 nitrogen and oxygen atoms in total. The lowest BCUT2D eigenvalue weighted by Gasteiger charge is -2.34. The van der Waals surface area contributed by atoms with E-state index in [1.807, 2.05) is 9.80 Å². The summed E-state index contributed by atoms with van der Waals surface area (Å²) in [6.45, 7) is 3.82. The van der Waals surface area contributed by atoms with Crippen LogP contribution in [0.2, 0.25) is 0 Å². The van der Waals surface area contributed by atoms with Gasteiger partial charge in [0.25, 0.3) is 0 Å². The topological polar surface area (TPSA) is 70.1 Å². The first-order valence-electron chi connectivity index (χ1n) is 5.97. The Morgan fingerprint density at radius 2 is 1.94 bits per heavy atom. The zero-order chi connectivity index (χ0) is 12.3. The average molecular weight is 242 g/mol. The van der Waals surface area contributed by atoms with Gasteiger partial charge in [0, 0.05) is 32.8 Å². The number of hydrogen-bond acceptors (Lipinski definition) is 4. The van der Waals surface area contributed by atoms with E-state index in [9.17, 15) is 9.59 Å². The van der Waals surface area contributed by atoms with Crippen LogP contribution in [-0.4, -0.2) is 72.7 Å². The van der Waals surface area contributed by atoms with Gasteiger partial charge in [-0.15, -0.1) is 0 Å². The molecule has 1 unspecified atom stereocenters. The Morgan fingerprint density at radius 1 is 1.24 bits per heavy atom. The maximum absolute atomic E-state index is 12.0. The second-order valence-corrected chi connectivity index (χ2v) is 4.56. The van der Waals surface area contributed by atoms with E-state index in [4.69, 9.17) is 9.84 Å². The van der Waals surface area contributed by atoms with E-state index in [0.29, 0.717) is 39.4 Å². The molecule has 0 spiro atoms. The monoisotopic (exact) mass is 242 g/mol. The van der Waals surface area contributed by atoms with Crippen LogP contribution in [0.1, 0.15) is 6.42 Å². The van der Waals surface area contributed by atoms with Crippen molar-refractivity contribution < 1.29 is 19.4 Å². The third-order valence-corrected chi connectivity index (χ3v) is 3.32. The highest BCUT2D eigenvalue weighted by Gasteiger charge is 2.30. The second kappa shape index (κ2) is 5.46. The van der Waals surface area contributed by atoms with E-state index < -0.39 is 5.97 Å². The van der Waals surface area contributed by atoms with Crippen molar-refractivity contribution in [3.8, 4) is 0 Å². The van der Waals surface area contributed by atoms with Gasteiger partial charge in [0.2, 0.25) is 5.91 Å². The first kappa shape index (κ1) is 12.3. The fourth-order valence-electron chi connectivity index (χ4n) is 2.31. The Labute approximate surface area is 100 Å². The Kier molecular flexibility index (Phi) is 3.96. The number of amides is 1. The van der Waals surface area contributed by atoms with Crippen LogP contribution in [0, 0.1) is 5.92 Å². The second-order valence-electron chi connectivity index (χ2n) is 4.56. The van der Waals surface area contributed by atoms with E-state index in [1.54, 1.807) is 0 Å². The zero-order valence-corrected chi connectivity index (χ0v) is 9.80. The maximum atomic E-state index is 12.0. The normalized spacial score (nSPS) is 26.1. The number of carboxylic acid groups (broad SMARTS) is 1. The number of piperazine rings is 1. The van der Waals surface area contributed by atoms with Crippen molar-refractivity contribution in [2.75, 3.05) is 45.9 Å². The number of aliphatic carboxylic acids is 1. The summed E-state index contributed by atoms with van der Waals surface area (Å²) in [7, 11) is 0. The lowest BCUT2D eigenvalue weighted by molar-refractivity contribution is -0.140. The summed E-state index contributed by atoms with van der Waals surface area (Å²) in [5, 5.41) is 8.67. The molecule has 0 aliphatic carbocycles. The van der Waals surface area contributed by atoms with Crippen molar-refractivity contribution in [1.29, 1.82) is 0 Å². The molecule has 0 aromatic rings. The van der Waals surface area contributed by atoms with Gasteiger partial charge in [-0.25, -0.2) is 0 Å². The molecular formula is C11H18N2O4. The predicted octanol–water partition coefficient (Wildman–Crippen LogP) is -0.748. The molecule has 2 fully saturated rings. The summed E-state index contributed by atoms with van der Waals surface area (Å²) in [5.74, 6) is -0.632. The van der Waals surface area contributed by atoms with E-state index in [-0.39, 0.29) is 18.4 Å². The zero-order valence-electron chi connectivity index (χ0n) is 9.80. The minimum atomic E-state index is -0.811. The quantitative estimate of drug-likeness (QED) is 0.705. The van der Waals surface area contributed by atoms with Gasteiger partial charge in [-0.1, -0.05) is 0 Å². The number of hydrogen-bond donors (Lipinski definition) is 1. The number of carbonyl (C=O) groups is 2. The van der Waals surface area contributed by atoms with Crippen LogP contribution in [0.3, 0.4) is 0 Å². The molecule has 0 aromatic carbocycles. The highest BCUT2D eigenvalue weighted by molar-refractivity contribution is 5.79. The molecular weight excluding hydrogens is 224 g/mol. The van der Waals surface area contributed by atoms with Gasteiger partial charge in [-0.3, -0.25) is 14.5 Å².